The molecule has 0 amide bonds. The molecule has 0 aliphatic carbocycles. The van der Waals surface area contributed by atoms with Gasteiger partial charge in [0.25, 0.3) is 0 Å². The van der Waals surface area contributed by atoms with Gasteiger partial charge >= 0.3 is 0 Å². The van der Waals surface area contributed by atoms with Gasteiger partial charge in [-0.1, -0.05) is 13.3 Å². The van der Waals surface area contributed by atoms with Crippen LogP contribution in [0.25, 0.3) is 0 Å². The van der Waals surface area contributed by atoms with Gasteiger partial charge in [0.1, 0.15) is 10.7 Å². The van der Waals surface area contributed by atoms with Gasteiger partial charge in [0, 0.05) is 18.7 Å². The van der Waals surface area contributed by atoms with E-state index in [0.717, 1.165) is 6.42 Å². The highest BCUT2D eigenvalue weighted by Crippen LogP contribution is 2.18. The van der Waals surface area contributed by atoms with Crippen molar-refractivity contribution in [2.24, 2.45) is 5.73 Å². The predicted octanol–water partition coefficient (Wildman–Crippen LogP) is 1.51. The summed E-state index contributed by atoms with van der Waals surface area (Å²) in [6.07, 6.45) is 1.35. The second-order valence-corrected chi connectivity index (χ2v) is 5.83. The van der Waals surface area contributed by atoms with Crippen LogP contribution in [0.2, 0.25) is 0 Å². The first-order valence-corrected chi connectivity index (χ1v) is 7.16. The molecular formula is C11H15F3N2O2S. The van der Waals surface area contributed by atoms with E-state index in [9.17, 15) is 21.6 Å². The lowest BCUT2D eigenvalue weighted by atomic mass is 10.2. The molecule has 0 aliphatic heterocycles. The second-order valence-electron chi connectivity index (χ2n) is 4.10. The summed E-state index contributed by atoms with van der Waals surface area (Å²) in [6.45, 7) is 1.78. The van der Waals surface area contributed by atoms with Gasteiger partial charge in [-0.2, -0.15) is 0 Å². The molecule has 0 aliphatic rings. The molecule has 0 unspecified atom stereocenters. The number of rotatable bonds is 6. The van der Waals surface area contributed by atoms with Crippen LogP contribution in [-0.4, -0.2) is 21.0 Å². The van der Waals surface area contributed by atoms with Crippen molar-refractivity contribution in [3.05, 3.63) is 29.6 Å². The van der Waals surface area contributed by atoms with Crippen LogP contribution in [0.15, 0.2) is 17.0 Å². The van der Waals surface area contributed by atoms with Gasteiger partial charge in [0.2, 0.25) is 10.0 Å². The van der Waals surface area contributed by atoms with Gasteiger partial charge in [-0.25, -0.2) is 26.3 Å². The predicted molar refractivity (Wildman–Crippen MR) is 64.4 cm³/mol. The fraction of sp³-hybridized carbons (Fsp3) is 0.455. The third-order valence-corrected chi connectivity index (χ3v) is 3.90. The number of halogens is 3. The van der Waals surface area contributed by atoms with Gasteiger partial charge in [-0.05, 0) is 12.5 Å². The molecule has 0 fully saturated rings. The fourth-order valence-corrected chi connectivity index (χ4v) is 2.64. The van der Waals surface area contributed by atoms with Crippen molar-refractivity contribution in [2.75, 3.05) is 6.54 Å². The Kier molecular flexibility index (Phi) is 5.33. The molecule has 0 bridgehead atoms. The lowest BCUT2D eigenvalue weighted by Gasteiger charge is -2.12. The standard InChI is InChI=1S/C11H15F3N2O2S/c1-2-3-7(15)6-16-19(17,18)11-5-9(13)8(12)4-10(11)14/h4-5,7,16H,2-3,6,15H2,1H3/t7-/m1/s1. The molecule has 0 saturated heterocycles. The Morgan fingerprint density at radius 3 is 2.37 bits per heavy atom. The number of hydrogen-bond acceptors (Lipinski definition) is 3. The van der Waals surface area contributed by atoms with E-state index in [-0.39, 0.29) is 12.6 Å². The number of nitrogens with one attached hydrogen (secondary N) is 1. The minimum absolute atomic E-state index is 0.103. The SMILES string of the molecule is CCC[C@@H](N)CNS(=O)(=O)c1cc(F)c(F)cc1F. The topological polar surface area (TPSA) is 72.2 Å². The lowest BCUT2D eigenvalue weighted by molar-refractivity contribution is 0.480. The molecule has 0 spiro atoms. The molecule has 1 aromatic carbocycles. The highest BCUT2D eigenvalue weighted by atomic mass is 32.2. The van der Waals surface area contributed by atoms with Crippen molar-refractivity contribution in [3.8, 4) is 0 Å². The summed E-state index contributed by atoms with van der Waals surface area (Å²) < 4.78 is 64.5. The Balaban J connectivity index is 2.92. The number of sulfonamides is 1. The molecule has 0 heterocycles. The molecule has 19 heavy (non-hydrogen) atoms. The Hall–Kier alpha value is -1.12. The monoisotopic (exact) mass is 296 g/mol. The van der Waals surface area contributed by atoms with E-state index in [1.807, 2.05) is 6.92 Å². The average Bonchev–Trinajstić information content (AvgIpc) is 2.31. The van der Waals surface area contributed by atoms with E-state index >= 15 is 0 Å². The first-order chi connectivity index (χ1) is 8.77. The third-order valence-electron chi connectivity index (χ3n) is 2.46. The van der Waals surface area contributed by atoms with Crippen molar-refractivity contribution in [2.45, 2.75) is 30.7 Å². The molecule has 1 aromatic rings. The average molecular weight is 296 g/mol. The van der Waals surface area contributed by atoms with Crippen molar-refractivity contribution < 1.29 is 21.6 Å². The molecule has 0 aromatic heterocycles. The van der Waals surface area contributed by atoms with Gasteiger partial charge < -0.3 is 5.73 Å². The van der Waals surface area contributed by atoms with E-state index in [1.54, 1.807) is 0 Å². The van der Waals surface area contributed by atoms with Crippen LogP contribution in [0.4, 0.5) is 13.2 Å². The third kappa shape index (κ3) is 4.19. The van der Waals surface area contributed by atoms with Crippen molar-refractivity contribution in [3.63, 3.8) is 0 Å². The molecule has 3 N–H and O–H groups in total. The molecular weight excluding hydrogens is 281 g/mol. The molecule has 4 nitrogen and oxygen atoms in total. The summed E-state index contributed by atoms with van der Waals surface area (Å²) in [4.78, 5) is -0.935. The molecule has 108 valence electrons. The fourth-order valence-electron chi connectivity index (χ4n) is 1.48. The summed E-state index contributed by atoms with van der Waals surface area (Å²) in [5.74, 6) is -4.23. The second kappa shape index (κ2) is 6.36. The van der Waals surface area contributed by atoms with Crippen LogP contribution in [0, 0.1) is 17.5 Å². The van der Waals surface area contributed by atoms with Gasteiger partial charge in [0.15, 0.2) is 11.6 Å². The van der Waals surface area contributed by atoms with Crippen molar-refractivity contribution >= 4 is 10.0 Å². The maximum absolute atomic E-state index is 13.3. The Morgan fingerprint density at radius 1 is 1.21 bits per heavy atom. The number of benzene rings is 1. The zero-order valence-electron chi connectivity index (χ0n) is 10.3. The normalized spacial score (nSPS) is 13.5. The van der Waals surface area contributed by atoms with Crippen LogP contribution >= 0.6 is 0 Å². The Labute approximate surface area is 109 Å². The minimum Gasteiger partial charge on any atom is -0.327 e. The smallest absolute Gasteiger partial charge is 0.243 e. The van der Waals surface area contributed by atoms with Crippen LogP contribution in [-0.2, 0) is 10.0 Å². The highest BCUT2D eigenvalue weighted by Gasteiger charge is 2.22. The molecule has 1 atom stereocenters. The summed E-state index contributed by atoms with van der Waals surface area (Å²) in [5, 5.41) is 0. The van der Waals surface area contributed by atoms with Crippen LogP contribution in [0.3, 0.4) is 0 Å². The van der Waals surface area contributed by atoms with Crippen molar-refractivity contribution in [1.29, 1.82) is 0 Å². The zero-order chi connectivity index (χ0) is 14.6. The first-order valence-electron chi connectivity index (χ1n) is 5.67. The largest absolute Gasteiger partial charge is 0.327 e. The van der Waals surface area contributed by atoms with Gasteiger partial charge in [0.05, 0.1) is 0 Å². The van der Waals surface area contributed by atoms with Crippen LogP contribution < -0.4 is 10.5 Å². The zero-order valence-corrected chi connectivity index (χ0v) is 11.1. The van der Waals surface area contributed by atoms with E-state index in [0.29, 0.717) is 12.5 Å². The molecule has 0 saturated carbocycles. The van der Waals surface area contributed by atoms with E-state index in [2.05, 4.69) is 4.72 Å². The summed E-state index contributed by atoms with van der Waals surface area (Å²) >= 11 is 0. The molecule has 8 heteroatoms. The highest BCUT2D eigenvalue weighted by molar-refractivity contribution is 7.89. The van der Waals surface area contributed by atoms with E-state index < -0.39 is 38.4 Å². The van der Waals surface area contributed by atoms with Crippen LogP contribution in [0.1, 0.15) is 19.8 Å². The Bertz CT molecular complexity index is 549. The molecule has 1 rings (SSSR count). The van der Waals surface area contributed by atoms with E-state index in [1.165, 1.54) is 0 Å². The van der Waals surface area contributed by atoms with Gasteiger partial charge in [-0.3, -0.25) is 0 Å². The summed E-state index contributed by atoms with van der Waals surface area (Å²) in [7, 11) is -4.26. The maximum Gasteiger partial charge on any atom is 0.243 e. The first kappa shape index (κ1) is 15.9. The summed E-state index contributed by atoms with van der Waals surface area (Å²) in [5.41, 5.74) is 5.61. The van der Waals surface area contributed by atoms with Gasteiger partial charge in [-0.15, -0.1) is 0 Å². The minimum atomic E-state index is -4.26. The van der Waals surface area contributed by atoms with E-state index in [4.69, 9.17) is 5.73 Å². The Morgan fingerprint density at radius 2 is 1.79 bits per heavy atom. The summed E-state index contributed by atoms with van der Waals surface area (Å²) in [6, 6.07) is 0.0712. The molecule has 0 radical (unpaired) electrons. The number of nitrogens with two attached hydrogens (primary N) is 1. The van der Waals surface area contributed by atoms with Crippen LogP contribution in [0.5, 0.6) is 0 Å². The van der Waals surface area contributed by atoms with Crippen molar-refractivity contribution in [1.82, 2.24) is 4.72 Å². The lowest BCUT2D eigenvalue weighted by Crippen LogP contribution is -2.37. The maximum atomic E-state index is 13.3. The quantitative estimate of drug-likeness (QED) is 0.782. The number of hydrogen-bond donors (Lipinski definition) is 2.